The molecule has 1 saturated heterocycles. The van der Waals surface area contributed by atoms with E-state index in [1.54, 1.807) is 16.8 Å². The summed E-state index contributed by atoms with van der Waals surface area (Å²) >= 11 is 0. The molecule has 5 rings (SSSR count). The number of rotatable bonds is 6. The van der Waals surface area contributed by atoms with Gasteiger partial charge in [0.25, 0.3) is 5.89 Å². The van der Waals surface area contributed by atoms with Crippen LogP contribution in [0.5, 0.6) is 0 Å². The lowest BCUT2D eigenvalue weighted by Gasteiger charge is -2.20. The van der Waals surface area contributed by atoms with Gasteiger partial charge in [0.15, 0.2) is 0 Å². The summed E-state index contributed by atoms with van der Waals surface area (Å²) in [6, 6.07) is 12.9. The Morgan fingerprint density at radius 3 is 2.66 bits per heavy atom. The first-order chi connectivity index (χ1) is 17.1. The number of hydrogen-bond donors (Lipinski definition) is 1. The average molecular weight is 474 g/mol. The van der Waals surface area contributed by atoms with E-state index in [2.05, 4.69) is 25.8 Å². The van der Waals surface area contributed by atoms with E-state index in [0.29, 0.717) is 41.4 Å². The molecule has 3 heterocycles. The van der Waals surface area contributed by atoms with Crippen molar-refractivity contribution in [1.29, 1.82) is 0 Å². The maximum Gasteiger partial charge on any atom is 0.258 e. The molecule has 2 amide bonds. The minimum atomic E-state index is -0.152. The topological polar surface area (TPSA) is 119 Å². The van der Waals surface area contributed by atoms with E-state index in [9.17, 15) is 9.59 Å². The lowest BCUT2D eigenvalue weighted by Crippen LogP contribution is -2.32. The maximum absolute atomic E-state index is 12.6. The molecule has 0 aliphatic carbocycles. The van der Waals surface area contributed by atoms with Gasteiger partial charge in [-0.15, -0.1) is 5.10 Å². The second-order valence-corrected chi connectivity index (χ2v) is 8.75. The zero-order valence-corrected chi connectivity index (χ0v) is 19.6. The second-order valence-electron chi connectivity index (χ2n) is 8.75. The van der Waals surface area contributed by atoms with Gasteiger partial charge >= 0.3 is 0 Å². The van der Waals surface area contributed by atoms with Crippen molar-refractivity contribution in [2.45, 2.75) is 45.6 Å². The van der Waals surface area contributed by atoms with Crippen LogP contribution < -0.4 is 5.32 Å². The lowest BCUT2D eigenvalue weighted by molar-refractivity contribution is -0.131. The Balaban J connectivity index is 1.29. The summed E-state index contributed by atoms with van der Waals surface area (Å²) in [5.74, 6) is 0.802. The van der Waals surface area contributed by atoms with Crippen LogP contribution in [0.3, 0.4) is 0 Å². The summed E-state index contributed by atoms with van der Waals surface area (Å²) in [6.07, 6.45) is 4.97. The number of nitrogens with zero attached hydrogens (tertiary/aromatic N) is 6. The molecule has 2 aromatic heterocycles. The molecule has 1 fully saturated rings. The molecule has 180 valence electrons. The summed E-state index contributed by atoms with van der Waals surface area (Å²) in [5.41, 5.74) is 3.66. The highest BCUT2D eigenvalue weighted by molar-refractivity contribution is 5.89. The van der Waals surface area contributed by atoms with E-state index in [-0.39, 0.29) is 11.8 Å². The number of nitrogens with one attached hydrogen (secondary N) is 1. The Morgan fingerprint density at radius 2 is 1.86 bits per heavy atom. The van der Waals surface area contributed by atoms with E-state index in [4.69, 9.17) is 4.52 Å². The van der Waals surface area contributed by atoms with Crippen molar-refractivity contribution in [1.82, 2.24) is 30.0 Å². The van der Waals surface area contributed by atoms with Crippen LogP contribution in [0.25, 0.3) is 33.9 Å². The molecule has 1 aliphatic rings. The zero-order valence-electron chi connectivity index (χ0n) is 19.6. The van der Waals surface area contributed by atoms with Crippen LogP contribution in [0.1, 0.15) is 39.0 Å². The molecular formula is C25H27N7O3. The summed E-state index contributed by atoms with van der Waals surface area (Å²) in [6.45, 7) is 3.65. The molecule has 0 saturated carbocycles. The fraction of sp³-hybridized carbons (Fsp3) is 0.360. The van der Waals surface area contributed by atoms with E-state index in [0.717, 1.165) is 37.0 Å². The minimum Gasteiger partial charge on any atom is -0.343 e. The number of aryl methyl sites for hydroxylation is 1. The van der Waals surface area contributed by atoms with Crippen LogP contribution >= 0.6 is 0 Å². The van der Waals surface area contributed by atoms with Crippen molar-refractivity contribution in [3.63, 3.8) is 0 Å². The van der Waals surface area contributed by atoms with Crippen LogP contribution in [-0.4, -0.2) is 54.9 Å². The number of carbonyl (C=O) groups is 2. The average Bonchev–Trinajstić information content (AvgIpc) is 3.41. The number of carbonyl (C=O) groups excluding carboxylic acids is 2. The van der Waals surface area contributed by atoms with Crippen LogP contribution in [0.15, 0.2) is 47.0 Å². The molecule has 1 aliphatic heterocycles. The highest BCUT2D eigenvalue weighted by atomic mass is 16.5. The maximum atomic E-state index is 12.6. The van der Waals surface area contributed by atoms with Crippen molar-refractivity contribution in [3.8, 4) is 22.8 Å². The van der Waals surface area contributed by atoms with E-state index >= 15 is 0 Å². The van der Waals surface area contributed by atoms with Crippen LogP contribution in [0.2, 0.25) is 0 Å². The largest absolute Gasteiger partial charge is 0.343 e. The molecule has 10 nitrogen and oxygen atoms in total. The molecule has 10 heteroatoms. The number of hydrogen-bond acceptors (Lipinski definition) is 7. The van der Waals surface area contributed by atoms with Gasteiger partial charge in [0.1, 0.15) is 5.52 Å². The third-order valence-electron chi connectivity index (χ3n) is 6.12. The molecule has 0 bridgehead atoms. The van der Waals surface area contributed by atoms with Gasteiger partial charge in [0.2, 0.25) is 17.6 Å². The summed E-state index contributed by atoms with van der Waals surface area (Å²) in [4.78, 5) is 30.4. The molecule has 2 aromatic carbocycles. The van der Waals surface area contributed by atoms with Crippen molar-refractivity contribution in [2.24, 2.45) is 0 Å². The normalized spacial score (nSPS) is 14.1. The molecule has 1 N–H and O–H groups in total. The smallest absolute Gasteiger partial charge is 0.258 e. The lowest BCUT2D eigenvalue weighted by atomic mass is 10.1. The first kappa shape index (κ1) is 22.7. The molecule has 4 aromatic rings. The Labute approximate surface area is 202 Å². The highest BCUT2D eigenvalue weighted by Gasteiger charge is 2.17. The van der Waals surface area contributed by atoms with Crippen molar-refractivity contribution >= 4 is 28.5 Å². The van der Waals surface area contributed by atoms with Gasteiger partial charge < -0.3 is 14.7 Å². The third kappa shape index (κ3) is 5.21. The summed E-state index contributed by atoms with van der Waals surface area (Å²) in [7, 11) is 0. The number of likely N-dealkylation sites (tertiary alicyclic amines) is 1. The van der Waals surface area contributed by atoms with Crippen LogP contribution in [0, 0.1) is 0 Å². The van der Waals surface area contributed by atoms with Crippen LogP contribution in [0.4, 0.5) is 5.69 Å². The molecule has 0 unspecified atom stereocenters. The molecule has 0 atom stereocenters. The van der Waals surface area contributed by atoms with Gasteiger partial charge in [-0.3, -0.25) is 9.59 Å². The Bertz CT molecular complexity index is 1350. The highest BCUT2D eigenvalue weighted by Crippen LogP contribution is 2.26. The number of benzene rings is 2. The predicted octanol–water partition coefficient (Wildman–Crippen LogP) is 3.90. The minimum absolute atomic E-state index is 0.152. The van der Waals surface area contributed by atoms with E-state index in [1.807, 2.05) is 35.2 Å². The fourth-order valence-corrected chi connectivity index (χ4v) is 4.35. The van der Waals surface area contributed by atoms with Gasteiger partial charge in [-0.1, -0.05) is 29.3 Å². The van der Waals surface area contributed by atoms with E-state index in [1.165, 1.54) is 19.8 Å². The number of amides is 2. The summed E-state index contributed by atoms with van der Waals surface area (Å²) in [5, 5.41) is 15.4. The third-order valence-corrected chi connectivity index (χ3v) is 6.12. The zero-order chi connectivity index (χ0) is 24.2. The number of anilines is 1. The fourth-order valence-electron chi connectivity index (χ4n) is 4.35. The molecular weight excluding hydrogens is 446 g/mol. The van der Waals surface area contributed by atoms with Crippen LogP contribution in [-0.2, 0) is 16.1 Å². The number of fused-ring (bicyclic) bond motifs is 1. The first-order valence-corrected chi connectivity index (χ1v) is 11.9. The van der Waals surface area contributed by atoms with Gasteiger partial charge in [-0.25, -0.2) is 4.68 Å². The predicted molar refractivity (Wildman–Crippen MR) is 130 cm³/mol. The second kappa shape index (κ2) is 10.0. The summed E-state index contributed by atoms with van der Waals surface area (Å²) < 4.78 is 7.22. The quantitative estimate of drug-likeness (QED) is 0.451. The Morgan fingerprint density at radius 1 is 1.03 bits per heavy atom. The van der Waals surface area contributed by atoms with Gasteiger partial charge in [0, 0.05) is 43.2 Å². The van der Waals surface area contributed by atoms with Gasteiger partial charge in [0.05, 0.1) is 12.1 Å². The monoisotopic (exact) mass is 473 g/mol. The van der Waals surface area contributed by atoms with Gasteiger partial charge in [-0.05, 0) is 49.2 Å². The number of aromatic nitrogens is 5. The standard InChI is InChI=1S/C25H27N7O3/c1-17(33)26-20-8-6-7-19(15-20)25-27-24(29-35-25)18-9-10-22-21(16-18)28-30-32(22)14-11-23(34)31-12-4-2-3-5-13-31/h6-10,15-16H,2-5,11-14H2,1H3,(H,26,33). The molecule has 35 heavy (non-hydrogen) atoms. The van der Waals surface area contributed by atoms with Gasteiger partial charge in [-0.2, -0.15) is 4.98 Å². The SMILES string of the molecule is CC(=O)Nc1cccc(-c2nc(-c3ccc4c(c3)nnn4CCC(=O)N3CCCCCC3)no2)c1. The van der Waals surface area contributed by atoms with Crippen molar-refractivity contribution < 1.29 is 14.1 Å². The molecule has 0 radical (unpaired) electrons. The van der Waals surface area contributed by atoms with Crippen molar-refractivity contribution in [2.75, 3.05) is 18.4 Å². The Kier molecular flexibility index (Phi) is 6.51. The van der Waals surface area contributed by atoms with E-state index < -0.39 is 0 Å². The van der Waals surface area contributed by atoms with Crippen molar-refractivity contribution in [3.05, 3.63) is 42.5 Å². The molecule has 0 spiro atoms. The first-order valence-electron chi connectivity index (χ1n) is 11.9. The Hall–Kier alpha value is -4.08.